The number of carbonyl (C=O) groups is 1. The van der Waals surface area contributed by atoms with E-state index in [9.17, 15) is 14.5 Å². The first-order valence-corrected chi connectivity index (χ1v) is 12.3. The number of aromatic carboxylic acids is 1. The van der Waals surface area contributed by atoms with Gasteiger partial charge in [0.25, 0.3) is 7.52 Å². The van der Waals surface area contributed by atoms with Crippen LogP contribution in [0.25, 0.3) is 0 Å². The summed E-state index contributed by atoms with van der Waals surface area (Å²) in [6.07, 6.45) is 3.72. The Morgan fingerprint density at radius 1 is 1.36 bits per heavy atom. The minimum Gasteiger partial charge on any atom is -0.477 e. The van der Waals surface area contributed by atoms with Gasteiger partial charge in [0.05, 0.1) is 22.8 Å². The van der Waals surface area contributed by atoms with Crippen LogP contribution in [0.15, 0.2) is 6.07 Å². The zero-order valence-corrected chi connectivity index (χ0v) is 19.5. The molecule has 1 aliphatic carbocycles. The van der Waals surface area contributed by atoms with Crippen LogP contribution in [0.5, 0.6) is 0 Å². The number of carboxylic acid groups (broad SMARTS) is 1. The van der Waals surface area contributed by atoms with Gasteiger partial charge in [-0.05, 0) is 65.4 Å². The average molecular weight is 426 g/mol. The van der Waals surface area contributed by atoms with Gasteiger partial charge in [-0.1, -0.05) is 18.8 Å². The molecule has 0 aliphatic heterocycles. The van der Waals surface area contributed by atoms with Crippen LogP contribution >= 0.6 is 18.9 Å². The fourth-order valence-electron chi connectivity index (χ4n) is 3.43. The van der Waals surface area contributed by atoms with E-state index >= 15 is 0 Å². The third-order valence-electron chi connectivity index (χ3n) is 5.00. The van der Waals surface area contributed by atoms with Gasteiger partial charge in [0.2, 0.25) is 0 Å². The van der Waals surface area contributed by atoms with Crippen molar-refractivity contribution in [3.8, 4) is 11.8 Å². The maximum Gasteiger partial charge on any atom is 0.348 e. The Kier molecular flexibility index (Phi) is 7.42. The summed E-state index contributed by atoms with van der Waals surface area (Å²) >= 11 is 1.13. The number of hydrogen-bond donors (Lipinski definition) is 1. The van der Waals surface area contributed by atoms with Crippen molar-refractivity contribution in [3.05, 3.63) is 15.8 Å². The van der Waals surface area contributed by atoms with Crippen molar-refractivity contribution in [1.29, 1.82) is 0 Å². The van der Waals surface area contributed by atoms with Gasteiger partial charge < -0.3 is 14.3 Å². The summed E-state index contributed by atoms with van der Waals surface area (Å²) in [4.78, 5) is 12.7. The Hall–Kier alpha value is -1.28. The van der Waals surface area contributed by atoms with Crippen LogP contribution < -0.4 is 4.67 Å². The molecule has 0 spiro atoms. The molecule has 1 fully saturated rings. The van der Waals surface area contributed by atoms with Crippen LogP contribution in [0.1, 0.15) is 74.9 Å². The summed E-state index contributed by atoms with van der Waals surface area (Å²) in [5.74, 6) is 5.81. The number of carboxylic acids is 1. The molecule has 1 unspecified atom stereocenters. The van der Waals surface area contributed by atoms with Crippen molar-refractivity contribution >= 4 is 30.5 Å². The highest BCUT2D eigenvalue weighted by Crippen LogP contribution is 2.61. The van der Waals surface area contributed by atoms with Gasteiger partial charge in [-0.2, -0.15) is 0 Å². The fraction of sp³-hybridized carbons (Fsp3) is 0.667. The van der Waals surface area contributed by atoms with Gasteiger partial charge in [0.15, 0.2) is 0 Å². The molecule has 0 bridgehead atoms. The molecular weight excluding hydrogens is 393 g/mol. The van der Waals surface area contributed by atoms with Gasteiger partial charge in [0, 0.05) is 12.5 Å². The largest absolute Gasteiger partial charge is 0.477 e. The molecule has 1 aromatic heterocycles. The first kappa shape index (κ1) is 23.0. The Morgan fingerprint density at radius 3 is 2.46 bits per heavy atom. The highest BCUT2D eigenvalue weighted by Gasteiger charge is 2.41. The van der Waals surface area contributed by atoms with E-state index in [1.807, 2.05) is 27.7 Å². The lowest BCUT2D eigenvalue weighted by Crippen LogP contribution is -2.28. The number of hydrogen-bond acceptors (Lipinski definition) is 4. The SMILES string of the molecule is CCOP(=O)(C1CCC(C)CC1)N(C)c1cc(C#CC(C)(C)C)sc1C(=O)O. The second kappa shape index (κ2) is 9.03. The predicted molar refractivity (Wildman–Crippen MR) is 117 cm³/mol. The van der Waals surface area contributed by atoms with Crippen molar-refractivity contribution in [2.45, 2.75) is 66.0 Å². The van der Waals surface area contributed by atoms with Gasteiger partial charge >= 0.3 is 5.97 Å². The molecule has 1 saturated carbocycles. The molecule has 1 heterocycles. The third kappa shape index (κ3) is 5.41. The summed E-state index contributed by atoms with van der Waals surface area (Å²) in [5, 5.41) is 9.70. The minimum absolute atomic E-state index is 0.0701. The van der Waals surface area contributed by atoms with Gasteiger partial charge in [0.1, 0.15) is 4.88 Å². The summed E-state index contributed by atoms with van der Waals surface area (Å²) in [7, 11) is -1.51. The van der Waals surface area contributed by atoms with E-state index < -0.39 is 13.5 Å². The molecule has 156 valence electrons. The Balaban J connectivity index is 2.44. The van der Waals surface area contributed by atoms with Crippen molar-refractivity contribution < 1.29 is 19.0 Å². The lowest BCUT2D eigenvalue weighted by Gasteiger charge is -2.37. The van der Waals surface area contributed by atoms with Crippen molar-refractivity contribution in [2.75, 3.05) is 18.3 Å². The molecule has 2 rings (SSSR count). The minimum atomic E-state index is -3.21. The third-order valence-corrected chi connectivity index (χ3v) is 9.14. The smallest absolute Gasteiger partial charge is 0.348 e. The molecule has 1 aromatic rings. The van der Waals surface area contributed by atoms with E-state index in [4.69, 9.17) is 4.52 Å². The fourth-order valence-corrected chi connectivity index (χ4v) is 7.03. The number of nitrogens with zero attached hydrogens (tertiary/aromatic N) is 1. The number of thiophene rings is 1. The highest BCUT2D eigenvalue weighted by molar-refractivity contribution is 7.61. The van der Waals surface area contributed by atoms with E-state index in [1.165, 1.54) is 0 Å². The van der Waals surface area contributed by atoms with E-state index in [0.717, 1.165) is 37.0 Å². The first-order valence-electron chi connectivity index (χ1n) is 9.86. The van der Waals surface area contributed by atoms with Gasteiger partial charge in [-0.25, -0.2) is 4.79 Å². The Bertz CT molecular complexity index is 807. The molecule has 28 heavy (non-hydrogen) atoms. The van der Waals surface area contributed by atoms with Crippen LogP contribution in [-0.2, 0) is 9.09 Å². The summed E-state index contributed by atoms with van der Waals surface area (Å²) < 4.78 is 21.4. The van der Waals surface area contributed by atoms with Crippen molar-refractivity contribution in [1.82, 2.24) is 0 Å². The monoisotopic (exact) mass is 425 g/mol. The second-order valence-electron chi connectivity index (χ2n) is 8.55. The van der Waals surface area contributed by atoms with E-state index in [2.05, 4.69) is 18.8 Å². The standard InChI is InChI=1S/C21H32NO4PS/c1-7-26-27(25,16-10-8-15(2)9-11-16)22(6)18-14-17(12-13-21(3,4)5)28-19(18)20(23)24/h14-16H,7-11H2,1-6H3,(H,23,24). The number of anilines is 1. The molecular formula is C21H32NO4PS. The quantitative estimate of drug-likeness (QED) is 0.441. The lowest BCUT2D eigenvalue weighted by atomic mass is 9.91. The molecule has 5 nitrogen and oxygen atoms in total. The maximum absolute atomic E-state index is 14.0. The molecule has 0 aromatic carbocycles. The van der Waals surface area contributed by atoms with E-state index in [1.54, 1.807) is 17.8 Å². The maximum atomic E-state index is 14.0. The van der Waals surface area contributed by atoms with Crippen LogP contribution in [0.3, 0.4) is 0 Å². The normalized spacial score (nSPS) is 22.1. The summed E-state index contributed by atoms with van der Waals surface area (Å²) in [6.45, 7) is 10.4. The molecule has 7 heteroatoms. The topological polar surface area (TPSA) is 66.8 Å². The summed E-state index contributed by atoms with van der Waals surface area (Å²) in [6, 6.07) is 1.74. The Morgan fingerprint density at radius 2 is 1.96 bits per heavy atom. The summed E-state index contributed by atoms with van der Waals surface area (Å²) in [5.41, 5.74) is 0.184. The zero-order chi connectivity index (χ0) is 21.1. The number of rotatable bonds is 6. The lowest BCUT2D eigenvalue weighted by molar-refractivity contribution is 0.0703. The highest BCUT2D eigenvalue weighted by atomic mass is 32.1. The van der Waals surface area contributed by atoms with E-state index in [0.29, 0.717) is 23.1 Å². The van der Waals surface area contributed by atoms with Crippen LogP contribution in [0, 0.1) is 23.2 Å². The van der Waals surface area contributed by atoms with Crippen LogP contribution in [0.2, 0.25) is 0 Å². The molecule has 1 N–H and O–H groups in total. The molecule has 0 amide bonds. The zero-order valence-electron chi connectivity index (χ0n) is 17.7. The average Bonchev–Trinajstić information content (AvgIpc) is 3.04. The van der Waals surface area contributed by atoms with Gasteiger partial charge in [-0.3, -0.25) is 4.57 Å². The molecule has 1 atom stereocenters. The Labute approximate surface area is 173 Å². The molecule has 1 aliphatic rings. The second-order valence-corrected chi connectivity index (χ2v) is 12.3. The molecule has 0 saturated heterocycles. The van der Waals surface area contributed by atoms with E-state index in [-0.39, 0.29) is 16.0 Å². The van der Waals surface area contributed by atoms with Crippen molar-refractivity contribution in [2.24, 2.45) is 11.3 Å². The van der Waals surface area contributed by atoms with Crippen molar-refractivity contribution in [3.63, 3.8) is 0 Å². The van der Waals surface area contributed by atoms with Gasteiger partial charge in [-0.15, -0.1) is 11.3 Å². The van der Waals surface area contributed by atoms with Crippen LogP contribution in [-0.4, -0.2) is 30.4 Å². The first-order chi connectivity index (χ1) is 13.0. The predicted octanol–water partition coefficient (Wildman–Crippen LogP) is 6.09. The molecule has 0 radical (unpaired) electrons. The van der Waals surface area contributed by atoms with Crippen LogP contribution in [0.4, 0.5) is 5.69 Å².